The van der Waals surface area contributed by atoms with Crippen molar-refractivity contribution in [1.29, 1.82) is 0 Å². The summed E-state index contributed by atoms with van der Waals surface area (Å²) in [6.07, 6.45) is 2.37. The fraction of sp³-hybridized carbons (Fsp3) is 0.400. The van der Waals surface area contributed by atoms with Crippen LogP contribution in [0.1, 0.15) is 24.0 Å². The first-order chi connectivity index (χ1) is 11.4. The zero-order chi connectivity index (χ0) is 15.7. The highest BCUT2D eigenvalue weighted by atomic mass is 15.1. The van der Waals surface area contributed by atoms with Crippen LogP contribution in [0.3, 0.4) is 0 Å². The van der Waals surface area contributed by atoms with Crippen LogP contribution in [0.4, 0.5) is 5.69 Å². The van der Waals surface area contributed by atoms with E-state index in [1.165, 1.54) is 29.7 Å². The number of rotatable bonds is 2. The molecule has 1 aliphatic rings. The van der Waals surface area contributed by atoms with Gasteiger partial charge in [-0.1, -0.05) is 48.5 Å². The van der Waals surface area contributed by atoms with E-state index in [1.54, 1.807) is 0 Å². The van der Waals surface area contributed by atoms with Crippen LogP contribution in [0, 0.1) is 0 Å². The molecule has 23 heavy (non-hydrogen) atoms. The van der Waals surface area contributed by atoms with Crippen molar-refractivity contribution in [2.75, 3.05) is 31.5 Å². The molecule has 0 saturated carbocycles. The van der Waals surface area contributed by atoms with Gasteiger partial charge in [-0.25, -0.2) is 0 Å². The zero-order valence-corrected chi connectivity index (χ0v) is 13.8. The summed E-state index contributed by atoms with van der Waals surface area (Å²) in [5.41, 5.74) is 4.05. The van der Waals surface area contributed by atoms with Crippen LogP contribution in [0.25, 0.3) is 0 Å². The molecule has 122 valence electrons. The van der Waals surface area contributed by atoms with Crippen LogP contribution in [-0.4, -0.2) is 31.1 Å². The molecular weight excluding hydrogens is 282 g/mol. The molecule has 2 N–H and O–H groups in total. The van der Waals surface area contributed by atoms with E-state index in [9.17, 15) is 0 Å². The summed E-state index contributed by atoms with van der Waals surface area (Å²) in [6.45, 7) is 6.40. The van der Waals surface area contributed by atoms with Crippen LogP contribution in [0.2, 0.25) is 0 Å². The third-order valence-electron chi connectivity index (χ3n) is 4.38. The molecule has 0 unspecified atom stereocenters. The van der Waals surface area contributed by atoms with E-state index in [4.69, 9.17) is 0 Å². The van der Waals surface area contributed by atoms with Gasteiger partial charge in [-0.2, -0.15) is 0 Å². The van der Waals surface area contributed by atoms with Crippen molar-refractivity contribution in [3.05, 3.63) is 65.7 Å². The Kier molecular flexibility index (Phi) is 6.07. The highest BCUT2D eigenvalue weighted by Crippen LogP contribution is 2.15. The van der Waals surface area contributed by atoms with Gasteiger partial charge in [0.15, 0.2) is 0 Å². The SMILES string of the molecule is c1ccc(CN2CCCNCc3ccccc3NCCC2)cc1. The molecule has 3 heteroatoms. The Morgan fingerprint density at radius 3 is 2.43 bits per heavy atom. The van der Waals surface area contributed by atoms with Gasteiger partial charge < -0.3 is 10.6 Å². The van der Waals surface area contributed by atoms with Gasteiger partial charge in [-0.05, 0) is 43.1 Å². The summed E-state index contributed by atoms with van der Waals surface area (Å²) < 4.78 is 0. The molecule has 0 aliphatic carbocycles. The molecule has 0 radical (unpaired) electrons. The third-order valence-corrected chi connectivity index (χ3v) is 4.38. The molecule has 0 aromatic heterocycles. The Morgan fingerprint density at radius 1 is 0.826 bits per heavy atom. The smallest absolute Gasteiger partial charge is 0.0385 e. The van der Waals surface area contributed by atoms with Crippen LogP contribution >= 0.6 is 0 Å². The van der Waals surface area contributed by atoms with Crippen LogP contribution in [0.15, 0.2) is 54.6 Å². The maximum absolute atomic E-state index is 3.60. The molecule has 1 heterocycles. The van der Waals surface area contributed by atoms with Gasteiger partial charge in [0, 0.05) is 31.9 Å². The zero-order valence-electron chi connectivity index (χ0n) is 13.8. The molecule has 0 spiro atoms. The summed E-state index contributed by atoms with van der Waals surface area (Å²) >= 11 is 0. The Labute approximate surface area is 139 Å². The number of hydrogen-bond acceptors (Lipinski definition) is 3. The topological polar surface area (TPSA) is 27.3 Å². The number of nitrogens with zero attached hydrogens (tertiary/aromatic N) is 1. The number of benzene rings is 2. The minimum Gasteiger partial charge on any atom is -0.385 e. The van der Waals surface area contributed by atoms with Crippen molar-refractivity contribution in [3.63, 3.8) is 0 Å². The van der Waals surface area contributed by atoms with E-state index in [1.807, 2.05) is 0 Å². The molecule has 2 aromatic carbocycles. The summed E-state index contributed by atoms with van der Waals surface area (Å²) in [5, 5.41) is 7.18. The molecule has 0 atom stereocenters. The molecule has 1 aliphatic heterocycles. The standard InChI is InChI=1S/C20H27N3/c1-2-8-18(9-3-1)17-23-14-6-12-21-16-19-10-4-5-11-20(19)22-13-7-15-23/h1-5,8-11,21-22H,6-7,12-17H2. The van der Waals surface area contributed by atoms with E-state index in [2.05, 4.69) is 70.1 Å². The fourth-order valence-electron chi connectivity index (χ4n) is 3.13. The molecule has 2 aromatic rings. The second-order valence-electron chi connectivity index (χ2n) is 6.23. The number of fused-ring (bicyclic) bond motifs is 1. The van der Waals surface area contributed by atoms with E-state index in [0.717, 1.165) is 39.3 Å². The average Bonchev–Trinajstić information content (AvgIpc) is 2.58. The highest BCUT2D eigenvalue weighted by Gasteiger charge is 2.08. The van der Waals surface area contributed by atoms with E-state index < -0.39 is 0 Å². The van der Waals surface area contributed by atoms with Gasteiger partial charge in [0.1, 0.15) is 0 Å². The van der Waals surface area contributed by atoms with E-state index in [-0.39, 0.29) is 0 Å². The lowest BCUT2D eigenvalue weighted by molar-refractivity contribution is 0.259. The predicted molar refractivity (Wildman–Crippen MR) is 97.6 cm³/mol. The van der Waals surface area contributed by atoms with Crippen LogP contribution in [0.5, 0.6) is 0 Å². The largest absolute Gasteiger partial charge is 0.385 e. The molecular formula is C20H27N3. The maximum Gasteiger partial charge on any atom is 0.0385 e. The Balaban J connectivity index is 1.59. The molecule has 3 nitrogen and oxygen atoms in total. The van der Waals surface area contributed by atoms with Gasteiger partial charge in [0.2, 0.25) is 0 Å². The number of hydrogen-bond donors (Lipinski definition) is 2. The van der Waals surface area contributed by atoms with Gasteiger partial charge in [-0.3, -0.25) is 4.90 Å². The number of anilines is 1. The monoisotopic (exact) mass is 309 g/mol. The summed E-state index contributed by atoms with van der Waals surface area (Å²) in [4.78, 5) is 2.58. The maximum atomic E-state index is 3.60. The van der Waals surface area contributed by atoms with Crippen molar-refractivity contribution in [2.45, 2.75) is 25.9 Å². The Bertz CT molecular complexity index is 582. The number of nitrogens with one attached hydrogen (secondary N) is 2. The van der Waals surface area contributed by atoms with Gasteiger partial charge >= 0.3 is 0 Å². The molecule has 0 bridgehead atoms. The van der Waals surface area contributed by atoms with E-state index in [0.29, 0.717) is 0 Å². The van der Waals surface area contributed by atoms with Crippen molar-refractivity contribution in [1.82, 2.24) is 10.2 Å². The lowest BCUT2D eigenvalue weighted by atomic mass is 10.1. The fourth-order valence-corrected chi connectivity index (χ4v) is 3.13. The van der Waals surface area contributed by atoms with Gasteiger partial charge in [-0.15, -0.1) is 0 Å². The summed E-state index contributed by atoms with van der Waals surface area (Å²) in [6, 6.07) is 19.4. The molecule has 3 rings (SSSR count). The average molecular weight is 309 g/mol. The quantitative estimate of drug-likeness (QED) is 0.889. The third kappa shape index (κ3) is 5.08. The first-order valence-corrected chi connectivity index (χ1v) is 8.70. The Hall–Kier alpha value is -1.84. The number of para-hydroxylation sites is 1. The predicted octanol–water partition coefficient (Wildman–Crippen LogP) is 3.48. The van der Waals surface area contributed by atoms with Gasteiger partial charge in [0.05, 0.1) is 0 Å². The van der Waals surface area contributed by atoms with Crippen LogP contribution < -0.4 is 10.6 Å². The lowest BCUT2D eigenvalue weighted by Gasteiger charge is -2.24. The van der Waals surface area contributed by atoms with Crippen molar-refractivity contribution in [3.8, 4) is 0 Å². The van der Waals surface area contributed by atoms with Crippen LogP contribution in [-0.2, 0) is 13.1 Å². The first-order valence-electron chi connectivity index (χ1n) is 8.70. The second-order valence-corrected chi connectivity index (χ2v) is 6.23. The minimum absolute atomic E-state index is 0.946. The normalized spacial score (nSPS) is 17.4. The minimum atomic E-state index is 0.946. The van der Waals surface area contributed by atoms with Crippen molar-refractivity contribution >= 4 is 5.69 Å². The van der Waals surface area contributed by atoms with Crippen molar-refractivity contribution in [2.24, 2.45) is 0 Å². The highest BCUT2D eigenvalue weighted by molar-refractivity contribution is 5.50. The van der Waals surface area contributed by atoms with Crippen molar-refractivity contribution < 1.29 is 0 Å². The molecule has 0 saturated heterocycles. The van der Waals surface area contributed by atoms with Gasteiger partial charge in [0.25, 0.3) is 0 Å². The lowest BCUT2D eigenvalue weighted by Crippen LogP contribution is -2.30. The summed E-state index contributed by atoms with van der Waals surface area (Å²) in [7, 11) is 0. The Morgan fingerprint density at radius 2 is 1.57 bits per heavy atom. The summed E-state index contributed by atoms with van der Waals surface area (Å²) in [5.74, 6) is 0. The molecule has 0 amide bonds. The molecule has 0 fully saturated rings. The van der Waals surface area contributed by atoms with E-state index >= 15 is 0 Å². The first kappa shape index (κ1) is 16.0. The second kappa shape index (κ2) is 8.70.